The van der Waals surface area contributed by atoms with Gasteiger partial charge in [0.15, 0.2) is 0 Å². The molecule has 0 bridgehead atoms. The van der Waals surface area contributed by atoms with Gasteiger partial charge in [0.1, 0.15) is 5.60 Å². The number of nitrogens with zero attached hydrogens (tertiary/aromatic N) is 1. The molecule has 2 rings (SSSR count). The van der Waals surface area contributed by atoms with Gasteiger partial charge in [0.05, 0.1) is 24.2 Å². The fourth-order valence-corrected chi connectivity index (χ4v) is 3.58. The first-order chi connectivity index (χ1) is 13.4. The summed E-state index contributed by atoms with van der Waals surface area (Å²) >= 11 is 0. The summed E-state index contributed by atoms with van der Waals surface area (Å²) < 4.78 is 34.9. The number of likely N-dealkylation sites (tertiary alicyclic amines) is 1. The minimum absolute atomic E-state index is 0.0868. The molecule has 7 nitrogen and oxygen atoms in total. The molecular formula is C18H30B3NO6S-. The van der Waals surface area contributed by atoms with Gasteiger partial charge in [-0.15, -0.1) is 0 Å². The lowest BCUT2D eigenvalue weighted by Crippen LogP contribution is -2.49. The van der Waals surface area contributed by atoms with E-state index in [0.29, 0.717) is 20.7 Å². The van der Waals surface area contributed by atoms with Gasteiger partial charge in [0.25, 0.3) is 10.1 Å². The van der Waals surface area contributed by atoms with E-state index < -0.39 is 27.9 Å². The lowest BCUT2D eigenvalue weighted by Gasteiger charge is -2.36. The number of amides is 1. The van der Waals surface area contributed by atoms with Crippen LogP contribution in [0.1, 0.15) is 32.8 Å². The van der Waals surface area contributed by atoms with Gasteiger partial charge in [-0.25, -0.2) is 4.79 Å². The van der Waals surface area contributed by atoms with Gasteiger partial charge in [-0.3, -0.25) is 4.18 Å². The molecule has 1 aliphatic heterocycles. The zero-order chi connectivity index (χ0) is 22.2. The molecule has 0 aromatic heterocycles. The van der Waals surface area contributed by atoms with Crippen LogP contribution in [0, 0.1) is 12.8 Å². The van der Waals surface area contributed by atoms with Crippen LogP contribution >= 0.6 is 0 Å². The number of rotatable bonds is 4. The summed E-state index contributed by atoms with van der Waals surface area (Å²) in [6.45, 7) is 7.54. The number of β-amino-alcohol motifs (C(OH)–C–C–N with tert-alkyl or cyclic N) is 1. The number of aliphatic hydroxyl groups is 1. The number of carbonyl (C=O) groups excluding carboxylic acids is 1. The van der Waals surface area contributed by atoms with E-state index in [1.807, 2.05) is 6.92 Å². The molecule has 1 saturated heterocycles. The molecule has 0 spiro atoms. The van der Waals surface area contributed by atoms with Crippen molar-refractivity contribution in [3.05, 3.63) is 29.8 Å². The molecule has 1 N–H and O–H groups in total. The zero-order valence-corrected chi connectivity index (χ0v) is 17.6. The number of aliphatic hydroxyl groups excluding tert-OH is 1. The number of aryl methyl sites for hydroxylation is 1. The van der Waals surface area contributed by atoms with Crippen LogP contribution in [-0.4, -0.2) is 78.5 Å². The highest BCUT2D eigenvalue weighted by molar-refractivity contribution is 7.86. The Kier molecular flexibility index (Phi) is 9.78. The third kappa shape index (κ3) is 8.84. The second-order valence-electron chi connectivity index (χ2n) is 7.59. The molecule has 1 aromatic rings. The van der Waals surface area contributed by atoms with Crippen molar-refractivity contribution < 1.29 is 27.2 Å². The number of carbonyl (C=O) groups is 1. The van der Waals surface area contributed by atoms with Gasteiger partial charge in [0, 0.05) is 12.5 Å². The van der Waals surface area contributed by atoms with Crippen molar-refractivity contribution in [3.8, 4) is 0 Å². The number of piperidine rings is 1. The molecule has 1 aromatic carbocycles. The van der Waals surface area contributed by atoms with E-state index in [4.69, 9.17) is 16.7 Å². The highest BCUT2D eigenvalue weighted by Crippen LogP contribution is 2.22. The zero-order valence-electron chi connectivity index (χ0n) is 16.8. The SMILES string of the molecule is Cc1ccc(S(=O)(=O)OC[C@@H]2CCN(C(=O)OC(C)(C)C)C[C@H]2O)cc1.[B][B][BH3-]. The van der Waals surface area contributed by atoms with Gasteiger partial charge in [-0.1, -0.05) is 25.4 Å². The number of hydrogen-bond donors (Lipinski definition) is 1. The molecule has 159 valence electrons. The fourth-order valence-electron chi connectivity index (χ4n) is 2.62. The normalized spacial score (nSPS) is 19.7. The summed E-state index contributed by atoms with van der Waals surface area (Å²) in [5, 5.41) is 10.3. The highest BCUT2D eigenvalue weighted by atomic mass is 32.2. The van der Waals surface area contributed by atoms with Crippen LogP contribution in [0.3, 0.4) is 0 Å². The molecular weight excluding hydrogens is 391 g/mol. The average molecular weight is 421 g/mol. The quantitative estimate of drug-likeness (QED) is 0.559. The lowest BCUT2D eigenvalue weighted by atomic mass is 9.40. The Morgan fingerprint density at radius 1 is 1.34 bits per heavy atom. The van der Waals surface area contributed by atoms with Crippen LogP contribution in [0.4, 0.5) is 4.79 Å². The highest BCUT2D eigenvalue weighted by Gasteiger charge is 2.33. The molecule has 29 heavy (non-hydrogen) atoms. The van der Waals surface area contributed by atoms with Gasteiger partial charge >= 0.3 is 6.09 Å². The Hall–Kier alpha value is -1.45. The molecule has 2 atom stereocenters. The number of benzene rings is 1. The van der Waals surface area contributed by atoms with Crippen molar-refractivity contribution in [2.45, 2.75) is 50.7 Å². The molecule has 1 aliphatic rings. The van der Waals surface area contributed by atoms with Gasteiger partial charge in [-0.2, -0.15) is 15.5 Å². The van der Waals surface area contributed by atoms with Crippen LogP contribution in [0.2, 0.25) is 0 Å². The Bertz CT molecular complexity index is 752. The smallest absolute Gasteiger partial charge is 0.410 e. The summed E-state index contributed by atoms with van der Waals surface area (Å²) in [6, 6.07) is 6.38. The maximum Gasteiger partial charge on any atom is 0.410 e. The Labute approximate surface area is 177 Å². The first-order valence-corrected chi connectivity index (χ1v) is 10.3. The Balaban J connectivity index is 0.00000132. The summed E-state index contributed by atoms with van der Waals surface area (Å²) in [5.74, 6) is -0.367. The molecule has 1 fully saturated rings. The Morgan fingerprint density at radius 3 is 2.38 bits per heavy atom. The molecule has 0 aliphatic carbocycles. The number of ether oxygens (including phenoxy) is 1. The summed E-state index contributed by atoms with van der Waals surface area (Å²) in [5.41, 5.74) is 0.346. The van der Waals surface area contributed by atoms with Crippen LogP contribution in [0.15, 0.2) is 29.2 Å². The average Bonchev–Trinajstić information content (AvgIpc) is 2.60. The maximum absolute atomic E-state index is 12.2. The van der Waals surface area contributed by atoms with E-state index in [-0.39, 0.29) is 24.0 Å². The molecule has 0 unspecified atom stereocenters. The first kappa shape index (κ1) is 25.6. The predicted molar refractivity (Wildman–Crippen MR) is 118 cm³/mol. The van der Waals surface area contributed by atoms with Gasteiger partial charge < -0.3 is 14.7 Å². The van der Waals surface area contributed by atoms with Crippen molar-refractivity contribution in [2.75, 3.05) is 19.7 Å². The topological polar surface area (TPSA) is 93.1 Å². The van der Waals surface area contributed by atoms with E-state index in [1.165, 1.54) is 17.0 Å². The first-order valence-electron chi connectivity index (χ1n) is 8.93. The Morgan fingerprint density at radius 2 is 1.90 bits per heavy atom. The molecule has 1 heterocycles. The molecule has 3 radical (unpaired) electrons. The number of hydrogen-bond acceptors (Lipinski definition) is 6. The van der Waals surface area contributed by atoms with Crippen molar-refractivity contribution in [1.82, 2.24) is 4.90 Å². The monoisotopic (exact) mass is 421 g/mol. The summed E-state index contributed by atoms with van der Waals surface area (Å²) in [7, 11) is 3.13. The standard InChI is InChI=1S/C18H27NO6S.B3H3/c1-13-5-7-15(8-6-13)26(22,23)24-12-14-9-10-19(11-16(14)20)17(21)25-18(2,3)4;1-3-2/h5-8,14,16,20H,9-12H2,1-4H3;1H3/q;-1/t14-,16+;/m0./s1. The van der Waals surface area contributed by atoms with Crippen LogP contribution in [-0.2, 0) is 19.0 Å². The van der Waals surface area contributed by atoms with E-state index in [0.717, 1.165) is 5.56 Å². The second kappa shape index (κ2) is 11.1. The molecule has 0 saturated carbocycles. The van der Waals surface area contributed by atoms with E-state index in [2.05, 4.69) is 0 Å². The van der Waals surface area contributed by atoms with E-state index in [1.54, 1.807) is 40.0 Å². The van der Waals surface area contributed by atoms with Crippen LogP contribution < -0.4 is 0 Å². The van der Waals surface area contributed by atoms with Crippen molar-refractivity contribution >= 4 is 38.7 Å². The van der Waals surface area contributed by atoms with Gasteiger partial charge in [0.2, 0.25) is 0 Å². The lowest BCUT2D eigenvalue weighted by molar-refractivity contribution is -0.0206. The van der Waals surface area contributed by atoms with Crippen molar-refractivity contribution in [1.29, 1.82) is 0 Å². The molecule has 11 heteroatoms. The predicted octanol–water partition coefficient (Wildman–Crippen LogP) is 0.373. The van der Waals surface area contributed by atoms with Crippen LogP contribution in [0.5, 0.6) is 0 Å². The summed E-state index contributed by atoms with van der Waals surface area (Å²) in [4.78, 5) is 13.6. The minimum Gasteiger partial charge on any atom is -0.444 e. The van der Waals surface area contributed by atoms with E-state index in [9.17, 15) is 18.3 Å². The van der Waals surface area contributed by atoms with Crippen LogP contribution in [0.25, 0.3) is 0 Å². The van der Waals surface area contributed by atoms with Gasteiger partial charge in [-0.05, 0) is 54.0 Å². The van der Waals surface area contributed by atoms with Crippen molar-refractivity contribution in [2.24, 2.45) is 5.92 Å². The summed E-state index contributed by atoms with van der Waals surface area (Å²) in [6.07, 6.45) is -0.920. The largest absolute Gasteiger partial charge is 0.444 e. The fraction of sp³-hybridized carbons (Fsp3) is 0.611. The van der Waals surface area contributed by atoms with E-state index >= 15 is 0 Å². The van der Waals surface area contributed by atoms with Crippen molar-refractivity contribution in [3.63, 3.8) is 0 Å². The molecule has 1 amide bonds. The third-order valence-corrected chi connectivity index (χ3v) is 5.42. The minimum atomic E-state index is -3.87. The second-order valence-corrected chi connectivity index (χ2v) is 9.21. The maximum atomic E-state index is 12.2. The third-order valence-electron chi connectivity index (χ3n) is 4.12.